The number of carbonyl (C=O) groups excluding carboxylic acids is 1. The predicted octanol–water partition coefficient (Wildman–Crippen LogP) is 4.16. The number of benzene rings is 1. The summed E-state index contributed by atoms with van der Waals surface area (Å²) in [6, 6.07) is 5.49. The molecule has 1 aliphatic heterocycles. The zero-order valence-electron chi connectivity index (χ0n) is 13.0. The fourth-order valence-corrected chi connectivity index (χ4v) is 3.49. The average molecular weight is 373 g/mol. The van der Waals surface area contributed by atoms with Gasteiger partial charge in [0.2, 0.25) is 5.91 Å². The molecule has 1 aromatic carbocycles. The van der Waals surface area contributed by atoms with E-state index in [1.54, 1.807) is 4.90 Å². The fourth-order valence-electron chi connectivity index (χ4n) is 2.65. The van der Waals surface area contributed by atoms with Crippen LogP contribution in [0.2, 0.25) is 0 Å². The van der Waals surface area contributed by atoms with Crippen LogP contribution >= 0.6 is 11.3 Å². The van der Waals surface area contributed by atoms with E-state index < -0.39 is 11.1 Å². The van der Waals surface area contributed by atoms with Gasteiger partial charge in [-0.05, 0) is 37.1 Å². The third kappa shape index (κ3) is 4.28. The van der Waals surface area contributed by atoms with Gasteiger partial charge in [0.15, 0.2) is 5.13 Å². The van der Waals surface area contributed by atoms with Crippen molar-refractivity contribution < 1.29 is 22.4 Å². The number of alkyl halides is 3. The molecule has 134 valence electrons. The molecule has 1 aliphatic rings. The van der Waals surface area contributed by atoms with E-state index in [4.69, 9.17) is 0 Å². The average Bonchev–Trinajstić information content (AvgIpc) is 3.07. The zero-order chi connectivity index (χ0) is 18.0. The molecule has 0 saturated carbocycles. The van der Waals surface area contributed by atoms with E-state index in [1.807, 2.05) is 0 Å². The molecule has 0 spiro atoms. The number of halogens is 4. The van der Waals surface area contributed by atoms with Crippen molar-refractivity contribution in [3.8, 4) is 0 Å². The third-order valence-corrected chi connectivity index (χ3v) is 5.12. The third-order valence-electron chi connectivity index (χ3n) is 4.02. The van der Waals surface area contributed by atoms with Gasteiger partial charge in [0.05, 0.1) is 6.20 Å². The molecular formula is C16H15F4N3OS. The van der Waals surface area contributed by atoms with Crippen LogP contribution in [0, 0.1) is 11.7 Å². The van der Waals surface area contributed by atoms with Gasteiger partial charge in [-0.2, -0.15) is 13.2 Å². The summed E-state index contributed by atoms with van der Waals surface area (Å²) in [6.07, 6.45) is -2.50. The molecule has 0 radical (unpaired) electrons. The second-order valence-electron chi connectivity index (χ2n) is 5.76. The summed E-state index contributed by atoms with van der Waals surface area (Å²) in [6.45, 7) is 0.929. The number of anilines is 2. The van der Waals surface area contributed by atoms with Crippen LogP contribution in [-0.2, 0) is 11.0 Å². The number of rotatable bonds is 3. The number of amides is 1. The van der Waals surface area contributed by atoms with Crippen LogP contribution in [0.15, 0.2) is 30.5 Å². The van der Waals surface area contributed by atoms with Crippen LogP contribution in [0.4, 0.5) is 28.4 Å². The standard InChI is InChI=1S/C16H15F4N3OS/c17-11-1-3-12(4-2-11)22-14(24)10-5-7-23(8-6-10)15-21-9-13(25-15)16(18,19)20/h1-4,9-10H,5-8H2,(H,22,24). The van der Waals surface area contributed by atoms with Gasteiger partial charge in [-0.15, -0.1) is 0 Å². The Morgan fingerprint density at radius 3 is 2.40 bits per heavy atom. The summed E-state index contributed by atoms with van der Waals surface area (Å²) in [5, 5.41) is 3.06. The maximum atomic E-state index is 12.9. The van der Waals surface area contributed by atoms with E-state index in [2.05, 4.69) is 10.3 Å². The van der Waals surface area contributed by atoms with Gasteiger partial charge in [0.1, 0.15) is 10.7 Å². The number of aromatic nitrogens is 1. The van der Waals surface area contributed by atoms with Gasteiger partial charge in [-0.25, -0.2) is 9.37 Å². The zero-order valence-corrected chi connectivity index (χ0v) is 13.8. The summed E-state index contributed by atoms with van der Waals surface area (Å²) >= 11 is 0.614. The second kappa shape index (κ2) is 6.99. The monoisotopic (exact) mass is 373 g/mol. The molecule has 1 N–H and O–H groups in total. The molecule has 0 unspecified atom stereocenters. The lowest BCUT2D eigenvalue weighted by molar-refractivity contribution is -0.134. The Morgan fingerprint density at radius 2 is 1.84 bits per heavy atom. The molecule has 1 saturated heterocycles. The summed E-state index contributed by atoms with van der Waals surface area (Å²) < 4.78 is 50.8. The predicted molar refractivity (Wildman–Crippen MR) is 87.1 cm³/mol. The van der Waals surface area contributed by atoms with Crippen molar-refractivity contribution in [2.45, 2.75) is 19.0 Å². The Bertz CT molecular complexity index is 737. The first kappa shape index (κ1) is 17.7. The van der Waals surface area contributed by atoms with Gasteiger partial charge in [-0.1, -0.05) is 11.3 Å². The smallest absolute Gasteiger partial charge is 0.348 e. The molecule has 1 fully saturated rings. The fraction of sp³-hybridized carbons (Fsp3) is 0.375. The first-order chi connectivity index (χ1) is 11.8. The van der Waals surface area contributed by atoms with Gasteiger partial charge in [0.25, 0.3) is 0 Å². The highest BCUT2D eigenvalue weighted by Gasteiger charge is 2.34. The molecule has 1 aromatic heterocycles. The van der Waals surface area contributed by atoms with Gasteiger partial charge >= 0.3 is 6.18 Å². The number of hydrogen-bond donors (Lipinski definition) is 1. The first-order valence-corrected chi connectivity index (χ1v) is 8.49. The van der Waals surface area contributed by atoms with Crippen molar-refractivity contribution >= 4 is 28.1 Å². The molecule has 2 aromatic rings. The molecule has 25 heavy (non-hydrogen) atoms. The number of thiazole rings is 1. The molecule has 3 rings (SSSR count). The lowest BCUT2D eigenvalue weighted by Crippen LogP contribution is -2.38. The number of nitrogens with one attached hydrogen (secondary N) is 1. The van der Waals surface area contributed by atoms with Crippen molar-refractivity contribution in [3.63, 3.8) is 0 Å². The van der Waals surface area contributed by atoms with Crippen molar-refractivity contribution in [1.82, 2.24) is 4.98 Å². The highest BCUT2D eigenvalue weighted by Crippen LogP contribution is 2.37. The summed E-state index contributed by atoms with van der Waals surface area (Å²) in [5.41, 5.74) is 0.517. The maximum absolute atomic E-state index is 12.9. The van der Waals surface area contributed by atoms with Crippen LogP contribution < -0.4 is 10.2 Å². The Hall–Kier alpha value is -2.16. The van der Waals surface area contributed by atoms with Crippen molar-refractivity contribution in [2.24, 2.45) is 5.92 Å². The van der Waals surface area contributed by atoms with E-state index >= 15 is 0 Å². The highest BCUT2D eigenvalue weighted by molar-refractivity contribution is 7.15. The Kier molecular flexibility index (Phi) is 4.94. The minimum absolute atomic E-state index is 0.165. The van der Waals surface area contributed by atoms with Crippen LogP contribution in [0.1, 0.15) is 17.7 Å². The Morgan fingerprint density at radius 1 is 1.20 bits per heavy atom. The van der Waals surface area contributed by atoms with Gasteiger partial charge < -0.3 is 10.2 Å². The molecule has 0 bridgehead atoms. The second-order valence-corrected chi connectivity index (χ2v) is 6.77. The summed E-state index contributed by atoms with van der Waals surface area (Å²) in [7, 11) is 0. The number of carbonyl (C=O) groups is 1. The van der Waals surface area contributed by atoms with Crippen LogP contribution in [0.25, 0.3) is 0 Å². The van der Waals surface area contributed by atoms with Gasteiger partial charge in [0, 0.05) is 24.7 Å². The Labute approximate surface area is 145 Å². The molecule has 9 heteroatoms. The van der Waals surface area contributed by atoms with Crippen LogP contribution in [0.3, 0.4) is 0 Å². The number of piperidine rings is 1. The molecule has 1 amide bonds. The first-order valence-electron chi connectivity index (χ1n) is 7.67. The maximum Gasteiger partial charge on any atom is 0.427 e. The minimum Gasteiger partial charge on any atom is -0.348 e. The van der Waals surface area contributed by atoms with Crippen molar-refractivity contribution in [2.75, 3.05) is 23.3 Å². The molecule has 0 atom stereocenters. The van der Waals surface area contributed by atoms with Crippen LogP contribution in [-0.4, -0.2) is 24.0 Å². The molecular weight excluding hydrogens is 358 g/mol. The normalized spacial score (nSPS) is 16.1. The van der Waals surface area contributed by atoms with E-state index in [-0.39, 0.29) is 17.6 Å². The number of nitrogens with zero attached hydrogens (tertiary/aromatic N) is 2. The van der Waals surface area contributed by atoms with E-state index in [9.17, 15) is 22.4 Å². The molecule has 2 heterocycles. The van der Waals surface area contributed by atoms with E-state index in [0.717, 1.165) is 6.20 Å². The molecule has 0 aliphatic carbocycles. The largest absolute Gasteiger partial charge is 0.427 e. The number of hydrogen-bond acceptors (Lipinski definition) is 4. The lowest BCUT2D eigenvalue weighted by Gasteiger charge is -2.31. The van der Waals surface area contributed by atoms with Crippen LogP contribution in [0.5, 0.6) is 0 Å². The molecule has 4 nitrogen and oxygen atoms in total. The van der Waals surface area contributed by atoms with Crippen molar-refractivity contribution in [3.05, 3.63) is 41.2 Å². The summed E-state index contributed by atoms with van der Waals surface area (Å²) in [4.78, 5) is 17.1. The summed E-state index contributed by atoms with van der Waals surface area (Å²) in [5.74, 6) is -0.780. The quantitative estimate of drug-likeness (QED) is 0.822. The topological polar surface area (TPSA) is 45.2 Å². The SMILES string of the molecule is O=C(Nc1ccc(F)cc1)C1CCN(c2ncc(C(F)(F)F)s2)CC1. The van der Waals surface area contributed by atoms with Gasteiger partial charge in [-0.3, -0.25) is 4.79 Å². The minimum atomic E-state index is -4.39. The Balaban J connectivity index is 1.55. The van der Waals surface area contributed by atoms with E-state index in [1.165, 1.54) is 24.3 Å². The van der Waals surface area contributed by atoms with E-state index in [0.29, 0.717) is 48.1 Å². The van der Waals surface area contributed by atoms with Crippen molar-refractivity contribution in [1.29, 1.82) is 0 Å². The highest BCUT2D eigenvalue weighted by atomic mass is 32.1. The lowest BCUT2D eigenvalue weighted by atomic mass is 9.96.